The molecule has 16 nitrogen and oxygen atoms in total. The fraction of sp³-hybridized carbons (Fsp3) is 0.275. The van der Waals surface area contributed by atoms with Crippen molar-refractivity contribution in [1.82, 2.24) is 4.98 Å². The molecule has 0 unspecified atom stereocenters. The summed E-state index contributed by atoms with van der Waals surface area (Å²) in [4.78, 5) is 77.2. The lowest BCUT2D eigenvalue weighted by atomic mass is 10.1. The standard InChI is InChI=1S/C40H39NO15/c1-6-34(42)49-16-8-10-18-51-39(46)54-30-14-12-26(20-24(30)3)36-41-29-21-25(4)32(23-28(29)38(45)56-36)53-37(44)27-13-15-31(33(22-27)48-5)55-40(47)52-19-11-9-17-50-35(43)7-2/h6-7,12-15,20-23H,1-2,8-11,16-19H2,3-5H3. The monoisotopic (exact) mass is 773 g/mol. The number of unbranched alkanes of at least 4 members (excludes halogenated alkanes) is 2. The Balaban J connectivity index is 1.36. The average Bonchev–Trinajstić information content (AvgIpc) is 3.18. The van der Waals surface area contributed by atoms with Gasteiger partial charge in [-0.25, -0.2) is 33.8 Å². The molecule has 1 heterocycles. The molecular formula is C40H39NO15. The molecule has 0 atom stereocenters. The minimum absolute atomic E-state index is 0.00542. The first-order valence-corrected chi connectivity index (χ1v) is 17.2. The normalized spacial score (nSPS) is 10.5. The Morgan fingerprint density at radius 1 is 0.661 bits per heavy atom. The van der Waals surface area contributed by atoms with E-state index in [1.807, 2.05) is 0 Å². The highest BCUT2D eigenvalue weighted by Gasteiger charge is 2.19. The predicted octanol–water partition coefficient (Wildman–Crippen LogP) is 6.75. The number of benzene rings is 3. The van der Waals surface area contributed by atoms with E-state index < -0.39 is 35.8 Å². The molecule has 4 aromatic rings. The van der Waals surface area contributed by atoms with Crippen LogP contribution in [0.4, 0.5) is 9.59 Å². The van der Waals surface area contributed by atoms with Crippen LogP contribution in [0.15, 0.2) is 83.1 Å². The van der Waals surface area contributed by atoms with Crippen molar-refractivity contribution in [2.45, 2.75) is 39.5 Å². The van der Waals surface area contributed by atoms with Crippen molar-refractivity contribution >= 4 is 41.1 Å². The van der Waals surface area contributed by atoms with Gasteiger partial charge >= 0.3 is 35.8 Å². The van der Waals surface area contributed by atoms with Crippen molar-refractivity contribution < 1.29 is 66.3 Å². The van der Waals surface area contributed by atoms with Gasteiger partial charge in [0.15, 0.2) is 11.5 Å². The van der Waals surface area contributed by atoms with Crippen LogP contribution in [0.3, 0.4) is 0 Å². The van der Waals surface area contributed by atoms with Crippen molar-refractivity contribution in [3.8, 4) is 34.5 Å². The van der Waals surface area contributed by atoms with Crippen LogP contribution in [0.5, 0.6) is 23.0 Å². The molecule has 294 valence electrons. The molecule has 1 aromatic heterocycles. The summed E-state index contributed by atoms with van der Waals surface area (Å²) in [6, 6.07) is 11.6. The molecule has 0 radical (unpaired) electrons. The molecule has 4 rings (SSSR count). The number of carbonyl (C=O) groups excluding carboxylic acids is 5. The number of carbonyl (C=O) groups is 5. The second kappa shape index (κ2) is 20.5. The highest BCUT2D eigenvalue weighted by molar-refractivity contribution is 5.93. The number of aryl methyl sites for hydroxylation is 2. The Bertz CT molecular complexity index is 2170. The van der Waals surface area contributed by atoms with Crippen LogP contribution in [0, 0.1) is 13.8 Å². The average molecular weight is 774 g/mol. The fourth-order valence-electron chi connectivity index (χ4n) is 4.79. The molecule has 0 fully saturated rings. The van der Waals surface area contributed by atoms with E-state index in [0.29, 0.717) is 42.4 Å². The van der Waals surface area contributed by atoms with Crippen molar-refractivity contribution in [2.75, 3.05) is 33.5 Å². The maximum atomic E-state index is 13.1. The van der Waals surface area contributed by atoms with Crippen LogP contribution in [0.25, 0.3) is 22.4 Å². The molecule has 16 heteroatoms. The van der Waals surface area contributed by atoms with Crippen molar-refractivity contribution in [3.63, 3.8) is 0 Å². The Kier molecular flexibility index (Phi) is 15.3. The number of rotatable bonds is 18. The minimum Gasteiger partial charge on any atom is -0.493 e. The Labute approximate surface area is 320 Å². The van der Waals surface area contributed by atoms with E-state index in [1.165, 1.54) is 37.4 Å². The summed E-state index contributed by atoms with van der Waals surface area (Å²) in [6.07, 6.45) is 2.03. The van der Waals surface area contributed by atoms with Gasteiger partial charge in [0.25, 0.3) is 0 Å². The number of hydrogen-bond acceptors (Lipinski definition) is 16. The van der Waals surface area contributed by atoms with Crippen LogP contribution >= 0.6 is 0 Å². The van der Waals surface area contributed by atoms with E-state index in [2.05, 4.69) is 18.1 Å². The van der Waals surface area contributed by atoms with Crippen molar-refractivity contribution in [2.24, 2.45) is 0 Å². The third-order valence-corrected chi connectivity index (χ3v) is 7.67. The highest BCUT2D eigenvalue weighted by atomic mass is 16.7. The van der Waals surface area contributed by atoms with E-state index in [1.54, 1.807) is 32.0 Å². The van der Waals surface area contributed by atoms with Gasteiger partial charge in [-0.1, -0.05) is 13.2 Å². The second-order valence-electron chi connectivity index (χ2n) is 11.7. The Morgan fingerprint density at radius 2 is 1.21 bits per heavy atom. The largest absolute Gasteiger partial charge is 0.513 e. The fourth-order valence-corrected chi connectivity index (χ4v) is 4.79. The summed E-state index contributed by atoms with van der Waals surface area (Å²) in [5.74, 6) is -1.52. The maximum Gasteiger partial charge on any atom is 0.513 e. The Hall–Kier alpha value is -6.97. The van der Waals surface area contributed by atoms with Crippen molar-refractivity contribution in [3.05, 3.63) is 101 Å². The van der Waals surface area contributed by atoms with E-state index in [0.717, 1.165) is 12.2 Å². The summed E-state index contributed by atoms with van der Waals surface area (Å²) < 4.78 is 46.7. The van der Waals surface area contributed by atoms with Gasteiger partial charge in [0.05, 0.1) is 50.0 Å². The number of fused-ring (bicyclic) bond motifs is 1. The van der Waals surface area contributed by atoms with E-state index >= 15 is 0 Å². The summed E-state index contributed by atoms with van der Waals surface area (Å²) in [5.41, 5.74) is 1.04. The zero-order valence-corrected chi connectivity index (χ0v) is 30.9. The zero-order chi connectivity index (χ0) is 40.6. The molecule has 0 amide bonds. The first-order chi connectivity index (χ1) is 26.9. The number of nitrogens with zero attached hydrogens (tertiary/aromatic N) is 1. The Morgan fingerprint density at radius 3 is 1.79 bits per heavy atom. The number of esters is 3. The van der Waals surface area contributed by atoms with Gasteiger partial charge in [0.1, 0.15) is 11.5 Å². The summed E-state index contributed by atoms with van der Waals surface area (Å²) in [6.45, 7) is 10.4. The third-order valence-electron chi connectivity index (χ3n) is 7.67. The van der Waals surface area contributed by atoms with Crippen LogP contribution in [-0.4, -0.2) is 68.7 Å². The summed E-state index contributed by atoms with van der Waals surface area (Å²) in [7, 11) is 1.32. The van der Waals surface area contributed by atoms with Gasteiger partial charge in [-0.3, -0.25) is 0 Å². The lowest BCUT2D eigenvalue weighted by Crippen LogP contribution is -2.14. The van der Waals surface area contributed by atoms with Crippen LogP contribution in [0.1, 0.15) is 47.2 Å². The molecule has 0 saturated heterocycles. The topological polar surface area (TPSA) is 202 Å². The summed E-state index contributed by atoms with van der Waals surface area (Å²) in [5, 5.41) is 0.0538. The number of aromatic nitrogens is 1. The predicted molar refractivity (Wildman–Crippen MR) is 198 cm³/mol. The molecule has 0 aliphatic carbocycles. The molecule has 3 aromatic carbocycles. The SMILES string of the molecule is C=CC(=O)OCCCCOC(=O)Oc1ccc(-c2nc3cc(C)c(OC(=O)c4ccc(OC(=O)OCCCCOC(=O)C=C)c(OC)c4)cc3c(=O)o2)cc1C. The number of methoxy groups -OCH3 is 1. The van der Waals surface area contributed by atoms with Crippen LogP contribution in [0.2, 0.25) is 0 Å². The van der Waals surface area contributed by atoms with Gasteiger partial charge in [-0.15, -0.1) is 0 Å². The van der Waals surface area contributed by atoms with Gasteiger partial charge < -0.3 is 42.3 Å². The van der Waals surface area contributed by atoms with E-state index in [9.17, 15) is 28.8 Å². The quantitative estimate of drug-likeness (QED) is 0.0256. The molecule has 0 aliphatic rings. The second-order valence-corrected chi connectivity index (χ2v) is 11.7. The summed E-state index contributed by atoms with van der Waals surface area (Å²) >= 11 is 0. The smallest absolute Gasteiger partial charge is 0.493 e. The molecule has 0 aliphatic heterocycles. The first-order valence-electron chi connectivity index (χ1n) is 17.2. The lowest BCUT2D eigenvalue weighted by Gasteiger charge is -2.12. The molecule has 0 spiro atoms. The lowest BCUT2D eigenvalue weighted by molar-refractivity contribution is -0.138. The number of hydrogen-bond donors (Lipinski definition) is 0. The van der Waals surface area contributed by atoms with Crippen LogP contribution < -0.4 is 24.6 Å². The first kappa shape index (κ1) is 41.8. The van der Waals surface area contributed by atoms with Gasteiger partial charge in [0, 0.05) is 17.7 Å². The van der Waals surface area contributed by atoms with E-state index in [-0.39, 0.29) is 71.8 Å². The molecule has 0 N–H and O–H groups in total. The van der Waals surface area contributed by atoms with Crippen molar-refractivity contribution in [1.29, 1.82) is 0 Å². The van der Waals surface area contributed by atoms with Crippen LogP contribution in [-0.2, 0) is 28.5 Å². The number of ether oxygens (including phenoxy) is 8. The zero-order valence-electron chi connectivity index (χ0n) is 30.9. The van der Waals surface area contributed by atoms with Gasteiger partial charge in [-0.05, 0) is 99.2 Å². The van der Waals surface area contributed by atoms with Gasteiger partial charge in [0.2, 0.25) is 5.89 Å². The van der Waals surface area contributed by atoms with Gasteiger partial charge in [-0.2, -0.15) is 0 Å². The minimum atomic E-state index is -1.00. The maximum absolute atomic E-state index is 13.1. The third kappa shape index (κ3) is 12.0. The highest BCUT2D eigenvalue weighted by Crippen LogP contribution is 2.31. The van der Waals surface area contributed by atoms with E-state index in [4.69, 9.17) is 42.3 Å². The molecule has 0 saturated carbocycles. The molecular weight excluding hydrogens is 734 g/mol. The molecule has 56 heavy (non-hydrogen) atoms. The molecule has 0 bridgehead atoms.